The molecule has 7 heteroatoms. The van der Waals surface area contributed by atoms with Gasteiger partial charge in [0.2, 0.25) is 5.78 Å². The Morgan fingerprint density at radius 2 is 1.35 bits per heavy atom. The van der Waals surface area contributed by atoms with Crippen molar-refractivity contribution in [2.45, 2.75) is 54.4 Å². The molecule has 214 valence electrons. The van der Waals surface area contributed by atoms with Crippen molar-refractivity contribution in [3.8, 4) is 17.2 Å². The second-order valence-corrected chi connectivity index (χ2v) is 11.3. The molecule has 0 bridgehead atoms. The van der Waals surface area contributed by atoms with Crippen LogP contribution in [0.1, 0.15) is 68.6 Å². The van der Waals surface area contributed by atoms with E-state index in [1.54, 1.807) is 90.1 Å². The van der Waals surface area contributed by atoms with Gasteiger partial charge in [0.25, 0.3) is 0 Å². The Labute approximate surface area is 237 Å². The minimum Gasteiger partial charge on any atom is -0.496 e. The molecule has 2 rings (SSSR count). The summed E-state index contributed by atoms with van der Waals surface area (Å²) in [4.78, 5) is 38.4. The van der Waals surface area contributed by atoms with E-state index in [0.717, 1.165) is 0 Å². The van der Waals surface area contributed by atoms with Gasteiger partial charge in [-0.05, 0) is 96.4 Å². The lowest BCUT2D eigenvalue weighted by atomic mass is 9.95. The van der Waals surface area contributed by atoms with E-state index in [0.29, 0.717) is 52.3 Å². The Hall–Kier alpha value is -4.13. The number of benzene rings is 2. The molecule has 0 spiro atoms. The van der Waals surface area contributed by atoms with Crippen molar-refractivity contribution in [2.75, 3.05) is 14.2 Å². The first-order chi connectivity index (χ1) is 18.7. The zero-order valence-corrected chi connectivity index (χ0v) is 24.8. The van der Waals surface area contributed by atoms with Crippen molar-refractivity contribution < 1.29 is 33.3 Å². The summed E-state index contributed by atoms with van der Waals surface area (Å²) < 4.78 is 22.5. The van der Waals surface area contributed by atoms with Gasteiger partial charge < -0.3 is 18.9 Å². The fourth-order valence-corrected chi connectivity index (χ4v) is 3.58. The van der Waals surface area contributed by atoms with Crippen LogP contribution >= 0.6 is 0 Å². The van der Waals surface area contributed by atoms with Crippen LogP contribution in [0.4, 0.5) is 0 Å². The monoisotopic (exact) mass is 548 g/mol. The third-order valence-electron chi connectivity index (χ3n) is 5.83. The van der Waals surface area contributed by atoms with Gasteiger partial charge in [0.15, 0.2) is 5.76 Å². The molecular formula is C33H40O7. The standard InChI is InChI=1S/C33H40O7/c1-11-13-22-19-23(28(38-10)25(14-12-2)29(22)40-31(36)33(6,7)8)20-26(37-9)27(34)21-15-17-24(18-16-21)39-30(35)32(3,4)5/h11-12,15-20H,1-2,13-14H2,3-10H3. The molecule has 0 heterocycles. The van der Waals surface area contributed by atoms with E-state index in [1.807, 2.05) is 0 Å². The third kappa shape index (κ3) is 7.94. The molecular weight excluding hydrogens is 508 g/mol. The highest BCUT2D eigenvalue weighted by molar-refractivity contribution is 6.10. The van der Waals surface area contributed by atoms with Crippen molar-refractivity contribution in [2.24, 2.45) is 10.8 Å². The summed E-state index contributed by atoms with van der Waals surface area (Å²) in [5.41, 5.74) is 0.843. The van der Waals surface area contributed by atoms with Gasteiger partial charge in [0.05, 0.1) is 25.0 Å². The van der Waals surface area contributed by atoms with Crippen LogP contribution < -0.4 is 14.2 Å². The number of ether oxygens (including phenoxy) is 4. The average molecular weight is 549 g/mol. The quantitative estimate of drug-likeness (QED) is 0.0752. The van der Waals surface area contributed by atoms with Gasteiger partial charge in [-0.2, -0.15) is 0 Å². The molecule has 0 saturated carbocycles. The Bertz CT molecular complexity index is 1300. The lowest BCUT2D eigenvalue weighted by Crippen LogP contribution is -2.26. The molecule has 0 fully saturated rings. The van der Waals surface area contributed by atoms with Gasteiger partial charge in [0, 0.05) is 16.7 Å². The fourth-order valence-electron chi connectivity index (χ4n) is 3.58. The number of rotatable bonds is 11. The molecule has 0 radical (unpaired) electrons. The smallest absolute Gasteiger partial charge is 0.316 e. The molecule has 0 aliphatic heterocycles. The van der Waals surface area contributed by atoms with Crippen LogP contribution in [-0.2, 0) is 27.2 Å². The predicted octanol–water partition coefficient (Wildman–Crippen LogP) is 6.93. The normalized spacial score (nSPS) is 11.8. The van der Waals surface area contributed by atoms with E-state index < -0.39 is 16.8 Å². The SMILES string of the molecule is C=CCc1cc(C=C(OC)C(=O)c2ccc(OC(=O)C(C)(C)C)cc2)c(OC)c(CC=C)c1OC(=O)C(C)(C)C. The maximum atomic E-state index is 13.4. The number of allylic oxidation sites excluding steroid dienone is 3. The van der Waals surface area contributed by atoms with Gasteiger partial charge in [-0.3, -0.25) is 14.4 Å². The number of hydrogen-bond donors (Lipinski definition) is 0. The molecule has 0 aliphatic rings. The Morgan fingerprint density at radius 3 is 1.82 bits per heavy atom. The largest absolute Gasteiger partial charge is 0.496 e. The third-order valence-corrected chi connectivity index (χ3v) is 5.83. The van der Waals surface area contributed by atoms with Crippen LogP contribution in [0.25, 0.3) is 6.08 Å². The molecule has 0 atom stereocenters. The Kier molecular flexibility index (Phi) is 10.7. The Balaban J connectivity index is 2.59. The highest BCUT2D eigenvalue weighted by atomic mass is 16.5. The molecule has 0 aliphatic carbocycles. The summed E-state index contributed by atoms with van der Waals surface area (Å²) in [6, 6.07) is 8.05. The van der Waals surface area contributed by atoms with Crippen LogP contribution in [0.3, 0.4) is 0 Å². The van der Waals surface area contributed by atoms with E-state index in [1.165, 1.54) is 14.2 Å². The van der Waals surface area contributed by atoms with Crippen LogP contribution in [0, 0.1) is 10.8 Å². The fraction of sp³-hybridized carbons (Fsp3) is 0.364. The summed E-state index contributed by atoms with van der Waals surface area (Å²) in [6.45, 7) is 18.3. The highest BCUT2D eigenvalue weighted by Gasteiger charge is 2.28. The number of carbonyl (C=O) groups excluding carboxylic acids is 3. The van der Waals surface area contributed by atoms with Crippen molar-refractivity contribution in [1.29, 1.82) is 0 Å². The number of methoxy groups -OCH3 is 2. The zero-order chi connectivity index (χ0) is 30.3. The number of esters is 2. The molecule has 7 nitrogen and oxygen atoms in total. The van der Waals surface area contributed by atoms with Gasteiger partial charge in [0.1, 0.15) is 17.2 Å². The molecule has 0 amide bonds. The minimum absolute atomic E-state index is 0.0614. The summed E-state index contributed by atoms with van der Waals surface area (Å²) in [5, 5.41) is 0. The van der Waals surface area contributed by atoms with Crippen LogP contribution in [0.2, 0.25) is 0 Å². The molecule has 0 N–H and O–H groups in total. The minimum atomic E-state index is -0.723. The zero-order valence-electron chi connectivity index (χ0n) is 24.8. The van der Waals surface area contributed by atoms with Gasteiger partial charge in [-0.1, -0.05) is 12.2 Å². The van der Waals surface area contributed by atoms with E-state index in [-0.39, 0.29) is 17.5 Å². The first kappa shape index (κ1) is 32.1. The average Bonchev–Trinajstić information content (AvgIpc) is 2.88. The number of hydrogen-bond acceptors (Lipinski definition) is 7. The first-order valence-electron chi connectivity index (χ1n) is 13.0. The van der Waals surface area contributed by atoms with Gasteiger partial charge in [-0.25, -0.2) is 0 Å². The number of Topliss-reactive ketones (excluding diaryl/α,β-unsaturated/α-hetero) is 1. The summed E-state index contributed by atoms with van der Waals surface area (Å²) in [6.07, 6.45) is 5.74. The molecule has 2 aromatic carbocycles. The maximum absolute atomic E-state index is 13.4. The van der Waals surface area contributed by atoms with Crippen molar-refractivity contribution in [1.82, 2.24) is 0 Å². The summed E-state index contributed by atoms with van der Waals surface area (Å²) in [7, 11) is 2.91. The first-order valence-corrected chi connectivity index (χ1v) is 13.0. The van der Waals surface area contributed by atoms with E-state index in [9.17, 15) is 14.4 Å². The highest BCUT2D eigenvalue weighted by Crippen LogP contribution is 2.39. The number of carbonyl (C=O) groups is 3. The van der Waals surface area contributed by atoms with E-state index in [4.69, 9.17) is 18.9 Å². The molecule has 0 saturated heterocycles. The predicted molar refractivity (Wildman–Crippen MR) is 157 cm³/mol. The van der Waals surface area contributed by atoms with Crippen LogP contribution in [0.15, 0.2) is 61.4 Å². The van der Waals surface area contributed by atoms with Crippen molar-refractivity contribution >= 4 is 23.8 Å². The molecule has 0 aromatic heterocycles. The molecule has 40 heavy (non-hydrogen) atoms. The summed E-state index contributed by atoms with van der Waals surface area (Å²) in [5.74, 6) is 0.0693. The topological polar surface area (TPSA) is 88.1 Å². The van der Waals surface area contributed by atoms with Crippen molar-refractivity contribution in [3.63, 3.8) is 0 Å². The lowest BCUT2D eigenvalue weighted by Gasteiger charge is -2.22. The molecule has 0 unspecified atom stereocenters. The van der Waals surface area contributed by atoms with E-state index >= 15 is 0 Å². The second kappa shape index (κ2) is 13.3. The van der Waals surface area contributed by atoms with Crippen molar-refractivity contribution in [3.05, 3.63) is 83.7 Å². The van der Waals surface area contributed by atoms with E-state index in [2.05, 4.69) is 13.2 Å². The van der Waals surface area contributed by atoms with Crippen LogP contribution in [-0.4, -0.2) is 31.9 Å². The van der Waals surface area contributed by atoms with Crippen LogP contribution in [0.5, 0.6) is 17.2 Å². The maximum Gasteiger partial charge on any atom is 0.316 e. The summed E-state index contributed by atoms with van der Waals surface area (Å²) >= 11 is 0. The second-order valence-electron chi connectivity index (χ2n) is 11.3. The molecule has 2 aromatic rings. The van der Waals surface area contributed by atoms with Gasteiger partial charge in [-0.15, -0.1) is 13.2 Å². The Morgan fingerprint density at radius 1 is 0.800 bits per heavy atom. The lowest BCUT2D eigenvalue weighted by molar-refractivity contribution is -0.143. The number of ketones is 1. The van der Waals surface area contributed by atoms with Gasteiger partial charge >= 0.3 is 11.9 Å².